The van der Waals surface area contributed by atoms with Crippen molar-refractivity contribution in [2.75, 3.05) is 14.7 Å². The van der Waals surface area contributed by atoms with E-state index in [4.69, 9.17) is 0 Å². The van der Waals surface area contributed by atoms with Crippen molar-refractivity contribution in [3.8, 4) is 33.4 Å². The summed E-state index contributed by atoms with van der Waals surface area (Å²) in [7, 11) is 0. The average molecular weight is 989 g/mol. The zero-order chi connectivity index (χ0) is 51.1. The lowest BCUT2D eigenvalue weighted by molar-refractivity contribution is 0.944. The first-order valence-electron chi connectivity index (χ1n) is 27.1. The van der Waals surface area contributed by atoms with Gasteiger partial charge in [0, 0.05) is 67.9 Å². The third-order valence-electron chi connectivity index (χ3n) is 15.7. The summed E-state index contributed by atoms with van der Waals surface area (Å²) in [4.78, 5) is 7.23. The predicted octanol–water partition coefficient (Wildman–Crippen LogP) is 20.1. The summed E-state index contributed by atoms with van der Waals surface area (Å²) in [6.07, 6.45) is 29.2. The van der Waals surface area contributed by atoms with Gasteiger partial charge in [0.05, 0.1) is 16.7 Å². The van der Waals surface area contributed by atoms with Gasteiger partial charge in [-0.3, -0.25) is 0 Å². The molecule has 1 aromatic heterocycles. The van der Waals surface area contributed by atoms with Crippen LogP contribution >= 0.6 is 0 Å². The maximum absolute atomic E-state index is 2.46. The Morgan fingerprint density at radius 1 is 0.390 bits per heavy atom. The molecule has 10 aromatic rings. The molecule has 368 valence electrons. The molecule has 77 heavy (non-hydrogen) atoms. The molecule has 1 aliphatic heterocycles. The van der Waals surface area contributed by atoms with E-state index in [1.807, 2.05) is 0 Å². The first-order valence-corrected chi connectivity index (χ1v) is 27.1. The van der Waals surface area contributed by atoms with Crippen LogP contribution in [0, 0.1) is 0 Å². The summed E-state index contributed by atoms with van der Waals surface area (Å²) in [6.45, 7) is 0. The summed E-state index contributed by atoms with van der Waals surface area (Å²) < 4.78 is 2.46. The minimum atomic E-state index is 0.156. The number of rotatable bonds is 11. The molecule has 2 heterocycles. The smallest absolute Gasteiger partial charge is 0.0539 e. The number of para-hydroxylation sites is 1. The molecule has 0 saturated heterocycles. The molecule has 0 fully saturated rings. The number of hydrogen-bond acceptors (Lipinski definition) is 3. The van der Waals surface area contributed by atoms with Crippen LogP contribution in [0.3, 0.4) is 0 Å². The van der Waals surface area contributed by atoms with E-state index in [1.165, 1.54) is 72.4 Å². The second-order valence-electron chi connectivity index (χ2n) is 20.3. The Morgan fingerprint density at radius 3 is 1.49 bits per heavy atom. The first kappa shape index (κ1) is 45.9. The molecule has 4 aliphatic rings. The number of anilines is 7. The Morgan fingerprint density at radius 2 is 0.922 bits per heavy atom. The molecule has 4 nitrogen and oxygen atoms in total. The van der Waals surface area contributed by atoms with E-state index in [0.29, 0.717) is 0 Å². The number of hydrogen-bond donors (Lipinski definition) is 0. The van der Waals surface area contributed by atoms with E-state index < -0.39 is 0 Å². The highest BCUT2D eigenvalue weighted by molar-refractivity contribution is 6.11. The average Bonchev–Trinajstić information content (AvgIpc) is 3.69. The van der Waals surface area contributed by atoms with Crippen LogP contribution in [-0.2, 0) is 0 Å². The number of allylic oxidation sites excluding steroid dienone is 12. The lowest BCUT2D eigenvalue weighted by atomic mass is 9.90. The van der Waals surface area contributed by atoms with Crippen LogP contribution in [0.15, 0.2) is 297 Å². The van der Waals surface area contributed by atoms with Gasteiger partial charge in [-0.15, -0.1) is 0 Å². The van der Waals surface area contributed by atoms with E-state index in [9.17, 15) is 0 Å². The molecular formula is C73H56N4. The van der Waals surface area contributed by atoms with Crippen LogP contribution in [-0.4, -0.2) is 4.57 Å². The minimum absolute atomic E-state index is 0.156. The molecule has 0 spiro atoms. The monoisotopic (exact) mass is 988 g/mol. The van der Waals surface area contributed by atoms with Gasteiger partial charge < -0.3 is 19.3 Å². The zero-order valence-corrected chi connectivity index (χ0v) is 42.8. The van der Waals surface area contributed by atoms with E-state index >= 15 is 0 Å². The van der Waals surface area contributed by atoms with Crippen molar-refractivity contribution >= 4 is 67.3 Å². The van der Waals surface area contributed by atoms with Crippen molar-refractivity contribution in [2.24, 2.45) is 0 Å². The van der Waals surface area contributed by atoms with Crippen molar-refractivity contribution in [3.05, 3.63) is 302 Å². The van der Waals surface area contributed by atoms with Crippen LogP contribution in [0.2, 0.25) is 0 Å². The van der Waals surface area contributed by atoms with Gasteiger partial charge in [0.2, 0.25) is 0 Å². The fourth-order valence-electron chi connectivity index (χ4n) is 11.9. The highest BCUT2D eigenvalue weighted by Gasteiger charge is 2.29. The summed E-state index contributed by atoms with van der Waals surface area (Å²) in [5.74, 6) is 0.156. The molecule has 0 saturated carbocycles. The van der Waals surface area contributed by atoms with Crippen LogP contribution in [0.5, 0.6) is 0 Å². The number of nitrogens with zero attached hydrogens (tertiary/aromatic N) is 4. The molecule has 1 unspecified atom stereocenters. The van der Waals surface area contributed by atoms with Crippen LogP contribution in [0.4, 0.5) is 39.8 Å². The van der Waals surface area contributed by atoms with Crippen LogP contribution < -0.4 is 14.7 Å². The topological polar surface area (TPSA) is 14.7 Å². The fraction of sp³-hybridized carbons (Fsp3) is 0.0685. The van der Waals surface area contributed by atoms with E-state index in [1.54, 1.807) is 0 Å². The molecule has 9 aromatic carbocycles. The molecule has 4 heteroatoms. The summed E-state index contributed by atoms with van der Waals surface area (Å²) in [5.41, 5.74) is 22.5. The molecule has 0 radical (unpaired) electrons. The van der Waals surface area contributed by atoms with Crippen LogP contribution in [0.1, 0.15) is 37.2 Å². The van der Waals surface area contributed by atoms with Crippen molar-refractivity contribution in [1.29, 1.82) is 0 Å². The summed E-state index contributed by atoms with van der Waals surface area (Å²) in [5, 5.41) is 2.50. The highest BCUT2D eigenvalue weighted by atomic mass is 15.2. The van der Waals surface area contributed by atoms with Gasteiger partial charge in [0.15, 0.2) is 0 Å². The lowest BCUT2D eigenvalue weighted by Gasteiger charge is -2.36. The van der Waals surface area contributed by atoms with Gasteiger partial charge in [-0.1, -0.05) is 170 Å². The second-order valence-corrected chi connectivity index (χ2v) is 20.3. The van der Waals surface area contributed by atoms with Gasteiger partial charge >= 0.3 is 0 Å². The lowest BCUT2D eigenvalue weighted by Crippen LogP contribution is -2.26. The third-order valence-corrected chi connectivity index (χ3v) is 15.7. The largest absolute Gasteiger partial charge is 0.313 e. The maximum atomic E-state index is 2.46. The molecule has 2 bridgehead atoms. The fourth-order valence-corrected chi connectivity index (χ4v) is 11.9. The first-order chi connectivity index (χ1) is 38.2. The Kier molecular flexibility index (Phi) is 11.9. The van der Waals surface area contributed by atoms with Gasteiger partial charge in [0.25, 0.3) is 0 Å². The molecular weight excluding hydrogens is 933 g/mol. The van der Waals surface area contributed by atoms with Crippen molar-refractivity contribution in [1.82, 2.24) is 4.57 Å². The van der Waals surface area contributed by atoms with Crippen molar-refractivity contribution in [3.63, 3.8) is 0 Å². The predicted molar refractivity (Wildman–Crippen MR) is 326 cm³/mol. The summed E-state index contributed by atoms with van der Waals surface area (Å²) in [6, 6.07) is 80.3. The molecule has 1 atom stereocenters. The van der Waals surface area contributed by atoms with Gasteiger partial charge in [-0.05, 0) is 180 Å². The Balaban J connectivity index is 0.828. The van der Waals surface area contributed by atoms with E-state index in [0.717, 1.165) is 70.9 Å². The van der Waals surface area contributed by atoms with E-state index in [-0.39, 0.29) is 5.92 Å². The Labute approximate surface area is 451 Å². The molecule has 3 aliphatic carbocycles. The maximum Gasteiger partial charge on any atom is 0.0539 e. The van der Waals surface area contributed by atoms with Crippen molar-refractivity contribution in [2.45, 2.75) is 31.6 Å². The summed E-state index contributed by atoms with van der Waals surface area (Å²) >= 11 is 0. The highest BCUT2D eigenvalue weighted by Crippen LogP contribution is 2.47. The number of aromatic nitrogens is 1. The molecule has 0 amide bonds. The van der Waals surface area contributed by atoms with Crippen LogP contribution in [0.25, 0.3) is 60.9 Å². The quantitative estimate of drug-likeness (QED) is 0.128. The second kappa shape index (κ2) is 19.9. The molecule has 0 N–H and O–H groups in total. The Bertz CT molecular complexity index is 4060. The number of fused-ring (bicyclic) bond motifs is 6. The Hall–Kier alpha value is -9.64. The van der Waals surface area contributed by atoms with Crippen molar-refractivity contribution < 1.29 is 0 Å². The normalized spacial score (nSPS) is 15.5. The minimum Gasteiger partial charge on any atom is -0.313 e. The zero-order valence-electron chi connectivity index (χ0n) is 42.8. The van der Waals surface area contributed by atoms with Gasteiger partial charge in [0.1, 0.15) is 0 Å². The molecule has 14 rings (SSSR count). The standard InChI is InChI=1S/C73H56N4/c1-5-17-52(18-6-1)54-29-37-61(38-30-54)74(66-45-47-72-69(50-66)58-21-13-14-26-65(49-58)76(72)59-22-9-3-10-23-59)62-41-33-56(34-42-62)57-35-43-64(44-36-57)75(63-39-31-55(32-40-63)53-19-7-2-8-20-53)67-46-48-73-70(51-67)68-27-15-16-28-71(68)77(73)60-24-11-4-12-25-60/h1-2,4-9,11,13-24,26-51,58H,3,10,12,25H2. The van der Waals surface area contributed by atoms with Gasteiger partial charge in [-0.25, -0.2) is 0 Å². The third kappa shape index (κ3) is 8.64. The SMILES string of the molecule is C1=CCCC(n2c3ccccc3c3cc(N(c4ccc(-c5ccccc5)cc4)c4ccc(-c5ccc(N(c6ccc(-c7ccccc7)cc6)c6ccc7c(c6)C6C=CC=CC(=C6)N7C6=CCCC=C6)cc5)cc4)ccc32)=C1. The number of benzene rings is 9. The van der Waals surface area contributed by atoms with Gasteiger partial charge in [-0.2, -0.15) is 0 Å². The van der Waals surface area contributed by atoms with E-state index in [2.05, 4.69) is 304 Å².